The molecule has 39 heavy (non-hydrogen) atoms. The molecular weight excluding hydrogens is 650 g/mol. The molecule has 0 spiro atoms. The van der Waals surface area contributed by atoms with E-state index in [2.05, 4.69) is 31.9 Å². The number of imide groups is 1. The molecule has 1 aromatic heterocycles. The number of ether oxygens (including phenoxy) is 1. The van der Waals surface area contributed by atoms with Crippen molar-refractivity contribution in [1.82, 2.24) is 4.90 Å². The molecule has 1 aliphatic heterocycles. The predicted molar refractivity (Wildman–Crippen MR) is 151 cm³/mol. The van der Waals surface area contributed by atoms with Gasteiger partial charge in [-0.1, -0.05) is 17.7 Å². The number of aromatic hydroxyl groups is 1. The minimum absolute atomic E-state index is 0.102. The molecular formula is C29H23Br2NO6S. The van der Waals surface area contributed by atoms with Gasteiger partial charge in [0.2, 0.25) is 11.8 Å². The molecule has 10 heteroatoms. The van der Waals surface area contributed by atoms with Crippen molar-refractivity contribution in [3.63, 3.8) is 0 Å². The average molecular weight is 673 g/mol. The normalized spacial score (nSPS) is 26.3. The second-order valence-electron chi connectivity index (χ2n) is 10.2. The second kappa shape index (κ2) is 9.67. The number of carbonyl (C=O) groups excluding carboxylic acids is 4. The molecule has 1 fully saturated rings. The first kappa shape index (κ1) is 26.4. The third-order valence-corrected chi connectivity index (χ3v) is 11.3. The smallest absolute Gasteiger partial charge is 0.234 e. The zero-order valence-electron chi connectivity index (χ0n) is 21.0. The van der Waals surface area contributed by atoms with Crippen molar-refractivity contribution >= 4 is 66.6 Å². The Bertz CT molecular complexity index is 1570. The number of halogens is 2. The molecule has 1 N–H and O–H groups in total. The number of benzene rings is 1. The van der Waals surface area contributed by atoms with Gasteiger partial charge in [-0.25, -0.2) is 0 Å². The SMILES string of the molecule is COc1cc([C@H]2C3=CC[C@@H]4C(=O)N(Cc5cccs5)C(=O)[C@@H]4[C@@H]3CC3=C2C(=O)C(C)=CC3=O)c(Br)c(Br)c1O. The first-order valence-corrected chi connectivity index (χ1v) is 14.9. The Labute approximate surface area is 245 Å². The largest absolute Gasteiger partial charge is 0.503 e. The molecule has 0 radical (unpaired) electrons. The van der Waals surface area contributed by atoms with Crippen LogP contribution in [0, 0.1) is 17.8 Å². The number of hydrogen-bond acceptors (Lipinski definition) is 7. The molecule has 1 saturated heterocycles. The quantitative estimate of drug-likeness (QED) is 0.257. The number of rotatable bonds is 4. The first-order chi connectivity index (χ1) is 18.6. The number of nitrogens with zero attached hydrogens (tertiary/aromatic N) is 1. The molecule has 4 aliphatic rings. The van der Waals surface area contributed by atoms with Gasteiger partial charge in [-0.15, -0.1) is 11.3 Å². The lowest BCUT2D eigenvalue weighted by Gasteiger charge is -2.42. The van der Waals surface area contributed by atoms with Crippen molar-refractivity contribution < 1.29 is 29.0 Å². The van der Waals surface area contributed by atoms with Gasteiger partial charge in [0.1, 0.15) is 0 Å². The van der Waals surface area contributed by atoms with E-state index in [4.69, 9.17) is 4.74 Å². The lowest BCUT2D eigenvalue weighted by atomic mass is 9.59. The van der Waals surface area contributed by atoms with E-state index >= 15 is 0 Å². The number of thiophene rings is 1. The zero-order valence-corrected chi connectivity index (χ0v) is 25.0. The summed E-state index contributed by atoms with van der Waals surface area (Å²) in [5, 5.41) is 12.5. The van der Waals surface area contributed by atoms with E-state index in [-0.39, 0.29) is 47.8 Å². The van der Waals surface area contributed by atoms with E-state index in [1.807, 2.05) is 23.6 Å². The van der Waals surface area contributed by atoms with Crippen LogP contribution in [0.3, 0.4) is 0 Å². The summed E-state index contributed by atoms with van der Waals surface area (Å²) >= 11 is 8.50. The molecule has 6 rings (SSSR count). The summed E-state index contributed by atoms with van der Waals surface area (Å²) in [6.07, 6.45) is 3.92. The Morgan fingerprint density at radius 3 is 2.59 bits per heavy atom. The van der Waals surface area contributed by atoms with Crippen LogP contribution in [0.2, 0.25) is 0 Å². The van der Waals surface area contributed by atoms with Gasteiger partial charge in [-0.05, 0) is 86.7 Å². The molecule has 1 aromatic carbocycles. The Hall–Kier alpha value is -2.82. The summed E-state index contributed by atoms with van der Waals surface area (Å²) in [7, 11) is 1.44. The number of hydrogen-bond donors (Lipinski definition) is 1. The number of phenolic OH excluding ortho intramolecular Hbond substituents is 1. The third-order valence-electron chi connectivity index (χ3n) is 8.26. The fourth-order valence-corrected chi connectivity index (χ4v) is 8.12. The van der Waals surface area contributed by atoms with Gasteiger partial charge in [0.15, 0.2) is 23.1 Å². The summed E-state index contributed by atoms with van der Waals surface area (Å²) in [6.45, 7) is 1.86. The Morgan fingerprint density at radius 1 is 1.13 bits per heavy atom. The van der Waals surface area contributed by atoms with E-state index < -0.39 is 23.7 Å². The number of amides is 2. The standard InChI is InChI=1S/C29H23Br2NO6S/c1-12-8-19(33)17-9-16-14(5-6-15-22(16)29(37)32(28(15)36)11-13-4-3-7-39-13)21(23(17)26(12)34)18-10-20(38-2)27(35)25(31)24(18)30/h3-5,7-8,10,15-16,21-22,35H,6,9,11H2,1-2H3/t15-,16+,21+,22-/m0/s1. The molecule has 0 saturated carbocycles. The molecule has 2 aromatic rings. The number of methoxy groups -OCH3 is 1. The molecule has 4 atom stereocenters. The van der Waals surface area contributed by atoms with Crippen LogP contribution in [-0.4, -0.2) is 40.5 Å². The lowest BCUT2D eigenvalue weighted by Crippen LogP contribution is -2.39. The number of fused-ring (bicyclic) bond motifs is 3. The number of Topliss-reactive ketones (excluding diaryl/α,β-unsaturated/α-hetero) is 1. The number of ketones is 2. The number of phenols is 1. The predicted octanol–water partition coefficient (Wildman–Crippen LogP) is 5.62. The van der Waals surface area contributed by atoms with E-state index in [0.717, 1.165) is 10.5 Å². The molecule has 0 bridgehead atoms. The molecule has 2 amide bonds. The Balaban J connectivity index is 1.51. The van der Waals surface area contributed by atoms with Crippen LogP contribution in [0.15, 0.2) is 67.0 Å². The van der Waals surface area contributed by atoms with Gasteiger partial charge in [0, 0.05) is 32.0 Å². The van der Waals surface area contributed by atoms with E-state index in [1.54, 1.807) is 13.0 Å². The highest BCUT2D eigenvalue weighted by atomic mass is 79.9. The monoisotopic (exact) mass is 671 g/mol. The lowest BCUT2D eigenvalue weighted by molar-refractivity contribution is -0.140. The van der Waals surface area contributed by atoms with Crippen LogP contribution in [0.1, 0.15) is 36.1 Å². The maximum atomic E-state index is 13.8. The van der Waals surface area contributed by atoms with Gasteiger partial charge in [-0.2, -0.15) is 0 Å². The second-order valence-corrected chi connectivity index (χ2v) is 12.8. The summed E-state index contributed by atoms with van der Waals surface area (Å²) in [5.74, 6) is -3.01. The van der Waals surface area contributed by atoms with Crippen molar-refractivity contribution in [2.75, 3.05) is 7.11 Å². The maximum absolute atomic E-state index is 13.8. The van der Waals surface area contributed by atoms with Gasteiger partial charge in [0.05, 0.1) is 30.0 Å². The molecule has 2 heterocycles. The zero-order chi connectivity index (χ0) is 27.7. The van der Waals surface area contributed by atoms with Crippen LogP contribution in [0.25, 0.3) is 0 Å². The van der Waals surface area contributed by atoms with Crippen LogP contribution in [-0.2, 0) is 25.7 Å². The highest BCUT2D eigenvalue weighted by Crippen LogP contribution is 2.57. The topological polar surface area (TPSA) is 101 Å². The summed E-state index contributed by atoms with van der Waals surface area (Å²) in [6, 6.07) is 5.45. The minimum Gasteiger partial charge on any atom is -0.503 e. The number of carbonyl (C=O) groups is 4. The maximum Gasteiger partial charge on any atom is 0.234 e. The van der Waals surface area contributed by atoms with Crippen LogP contribution < -0.4 is 4.74 Å². The van der Waals surface area contributed by atoms with E-state index in [0.29, 0.717) is 37.6 Å². The number of likely N-dealkylation sites (tertiary alicyclic amines) is 1. The fraction of sp³-hybridized carbons (Fsp3) is 0.310. The molecule has 0 unspecified atom stereocenters. The first-order valence-electron chi connectivity index (χ1n) is 12.5. The van der Waals surface area contributed by atoms with Crippen molar-refractivity contribution in [3.05, 3.63) is 77.4 Å². The molecule has 3 aliphatic carbocycles. The van der Waals surface area contributed by atoms with Gasteiger partial charge >= 0.3 is 0 Å². The minimum atomic E-state index is -0.658. The van der Waals surface area contributed by atoms with Crippen LogP contribution in [0.5, 0.6) is 11.5 Å². The van der Waals surface area contributed by atoms with Crippen molar-refractivity contribution in [2.24, 2.45) is 17.8 Å². The van der Waals surface area contributed by atoms with E-state index in [1.165, 1.54) is 29.4 Å². The van der Waals surface area contributed by atoms with Gasteiger partial charge in [-0.3, -0.25) is 24.1 Å². The third kappa shape index (κ3) is 3.94. The van der Waals surface area contributed by atoms with Crippen LogP contribution >= 0.6 is 43.2 Å². The van der Waals surface area contributed by atoms with Gasteiger partial charge < -0.3 is 9.84 Å². The molecule has 7 nitrogen and oxygen atoms in total. The van der Waals surface area contributed by atoms with Crippen molar-refractivity contribution in [1.29, 1.82) is 0 Å². The number of allylic oxidation sites excluding steroid dienone is 6. The Kier molecular flexibility index (Phi) is 6.55. The highest BCUT2D eigenvalue weighted by molar-refractivity contribution is 9.13. The summed E-state index contributed by atoms with van der Waals surface area (Å²) < 4.78 is 6.28. The van der Waals surface area contributed by atoms with Crippen LogP contribution in [0.4, 0.5) is 0 Å². The summed E-state index contributed by atoms with van der Waals surface area (Å²) in [5.41, 5.74) is 2.58. The molecule has 200 valence electrons. The summed E-state index contributed by atoms with van der Waals surface area (Å²) in [4.78, 5) is 56.5. The van der Waals surface area contributed by atoms with Gasteiger partial charge in [0.25, 0.3) is 0 Å². The van der Waals surface area contributed by atoms with E-state index in [9.17, 15) is 24.3 Å². The Morgan fingerprint density at radius 2 is 1.90 bits per heavy atom. The fourth-order valence-electron chi connectivity index (χ4n) is 6.47. The average Bonchev–Trinajstić information content (AvgIpc) is 3.52. The highest BCUT2D eigenvalue weighted by Gasteiger charge is 2.56. The van der Waals surface area contributed by atoms with Crippen molar-refractivity contribution in [3.8, 4) is 11.5 Å². The van der Waals surface area contributed by atoms with Crippen molar-refractivity contribution in [2.45, 2.75) is 32.2 Å².